The third-order valence-electron chi connectivity index (χ3n) is 9.90. The van der Waals surface area contributed by atoms with Crippen LogP contribution in [-0.2, 0) is 4.74 Å². The summed E-state index contributed by atoms with van der Waals surface area (Å²) in [6.07, 6.45) is 4.24. The zero-order valence-electron chi connectivity index (χ0n) is 24.0. The second-order valence-electron chi connectivity index (χ2n) is 12.6. The van der Waals surface area contributed by atoms with Gasteiger partial charge in [-0.15, -0.1) is 0 Å². The molecule has 0 amide bonds. The maximum Gasteiger partial charge on any atom is 0.319 e. The SMILES string of the molecule is Cc1cc2c(N3CCCC4(CCO4)C3)nc(OC[C@@]34CCCN3C[C@H](F)C4)nc2c(F)c1-c1ccc(F)c2sc(N)nc12. The van der Waals surface area contributed by atoms with Crippen LogP contribution in [0.3, 0.4) is 0 Å². The molecule has 0 radical (unpaired) electrons. The summed E-state index contributed by atoms with van der Waals surface area (Å²) >= 11 is 1.03. The Balaban J connectivity index is 1.26. The first kappa shape index (κ1) is 27.3. The van der Waals surface area contributed by atoms with Crippen molar-refractivity contribution in [1.29, 1.82) is 0 Å². The van der Waals surface area contributed by atoms with Crippen molar-refractivity contribution >= 4 is 43.4 Å². The monoisotopic (exact) mass is 610 g/mol. The van der Waals surface area contributed by atoms with E-state index in [1.807, 2.05) is 13.0 Å². The number of hydrogen-bond acceptors (Lipinski definition) is 9. The van der Waals surface area contributed by atoms with Gasteiger partial charge in [0.2, 0.25) is 0 Å². The number of nitrogens with two attached hydrogens (primary N) is 1. The van der Waals surface area contributed by atoms with E-state index in [0.29, 0.717) is 47.4 Å². The molecule has 4 aliphatic rings. The molecule has 8 rings (SSSR count). The van der Waals surface area contributed by atoms with Crippen LogP contribution in [0, 0.1) is 18.6 Å². The van der Waals surface area contributed by atoms with Crippen LogP contribution in [0.2, 0.25) is 0 Å². The Morgan fingerprint density at radius 1 is 1.12 bits per heavy atom. The highest BCUT2D eigenvalue weighted by atomic mass is 32.1. The topological polar surface area (TPSA) is 89.6 Å². The Bertz CT molecular complexity index is 1760. The number of benzene rings is 2. The van der Waals surface area contributed by atoms with Crippen molar-refractivity contribution in [2.75, 3.05) is 50.0 Å². The molecule has 226 valence electrons. The summed E-state index contributed by atoms with van der Waals surface area (Å²) in [5.74, 6) is -0.409. The minimum Gasteiger partial charge on any atom is -0.461 e. The maximum atomic E-state index is 16.8. The van der Waals surface area contributed by atoms with E-state index in [4.69, 9.17) is 20.2 Å². The predicted octanol–water partition coefficient (Wildman–Crippen LogP) is 5.79. The number of nitrogen functional groups attached to an aromatic ring is 1. The molecule has 4 aliphatic heterocycles. The van der Waals surface area contributed by atoms with E-state index in [1.165, 1.54) is 12.1 Å². The molecule has 2 aromatic carbocycles. The predicted molar refractivity (Wildman–Crippen MR) is 161 cm³/mol. The minimum absolute atomic E-state index is 0.0658. The lowest BCUT2D eigenvalue weighted by Gasteiger charge is -2.48. The summed E-state index contributed by atoms with van der Waals surface area (Å²) in [6, 6.07) is 4.81. The van der Waals surface area contributed by atoms with Crippen LogP contribution in [0.25, 0.3) is 32.2 Å². The summed E-state index contributed by atoms with van der Waals surface area (Å²) in [5.41, 5.74) is 7.14. The second kappa shape index (κ2) is 9.90. The average molecular weight is 611 g/mol. The van der Waals surface area contributed by atoms with Crippen LogP contribution in [0.15, 0.2) is 18.2 Å². The first-order valence-corrected chi connectivity index (χ1v) is 15.8. The quantitative estimate of drug-likeness (QED) is 0.304. The lowest BCUT2D eigenvalue weighted by atomic mass is 9.85. The number of hydrogen-bond donors (Lipinski definition) is 1. The summed E-state index contributed by atoms with van der Waals surface area (Å²) in [7, 11) is 0. The molecular weight excluding hydrogens is 577 g/mol. The molecule has 6 heterocycles. The molecule has 4 saturated heterocycles. The molecule has 43 heavy (non-hydrogen) atoms. The average Bonchev–Trinajstić information content (AvgIpc) is 3.64. The van der Waals surface area contributed by atoms with E-state index >= 15 is 4.39 Å². The van der Waals surface area contributed by atoms with E-state index in [9.17, 15) is 8.78 Å². The Labute approximate surface area is 251 Å². The Kier molecular flexibility index (Phi) is 6.29. The van der Waals surface area contributed by atoms with E-state index in [-0.39, 0.29) is 39.1 Å². The molecular formula is C31H33F3N6O2S. The van der Waals surface area contributed by atoms with E-state index in [1.54, 1.807) is 0 Å². The summed E-state index contributed by atoms with van der Waals surface area (Å²) < 4.78 is 58.5. The molecule has 0 saturated carbocycles. The van der Waals surface area contributed by atoms with E-state index < -0.39 is 23.3 Å². The van der Waals surface area contributed by atoms with Gasteiger partial charge in [-0.05, 0) is 62.9 Å². The van der Waals surface area contributed by atoms with E-state index in [0.717, 1.165) is 63.1 Å². The summed E-state index contributed by atoms with van der Waals surface area (Å²) in [6.45, 7) is 5.45. The van der Waals surface area contributed by atoms with Crippen molar-refractivity contribution in [3.8, 4) is 17.1 Å². The van der Waals surface area contributed by atoms with Crippen molar-refractivity contribution in [2.24, 2.45) is 0 Å². The number of rotatable bonds is 5. The van der Waals surface area contributed by atoms with Crippen LogP contribution in [0.4, 0.5) is 24.1 Å². The number of alkyl halides is 1. The van der Waals surface area contributed by atoms with Gasteiger partial charge in [-0.3, -0.25) is 4.90 Å². The van der Waals surface area contributed by atoms with Gasteiger partial charge in [0, 0.05) is 49.0 Å². The summed E-state index contributed by atoms with van der Waals surface area (Å²) in [4.78, 5) is 18.2. The molecule has 2 aromatic heterocycles. The second-order valence-corrected chi connectivity index (χ2v) is 13.6. The molecule has 4 aromatic rings. The number of nitrogens with zero attached hydrogens (tertiary/aromatic N) is 5. The number of aryl methyl sites for hydroxylation is 1. The van der Waals surface area contributed by atoms with Crippen LogP contribution >= 0.6 is 11.3 Å². The highest BCUT2D eigenvalue weighted by Gasteiger charge is 2.49. The number of piperidine rings is 1. The van der Waals surface area contributed by atoms with Crippen molar-refractivity contribution < 1.29 is 22.6 Å². The largest absolute Gasteiger partial charge is 0.461 e. The van der Waals surface area contributed by atoms with Gasteiger partial charge in [-0.25, -0.2) is 18.2 Å². The fraction of sp³-hybridized carbons (Fsp3) is 0.516. The molecule has 2 N–H and O–H groups in total. The molecule has 1 unspecified atom stereocenters. The Morgan fingerprint density at radius 3 is 2.77 bits per heavy atom. The van der Waals surface area contributed by atoms with Gasteiger partial charge >= 0.3 is 6.01 Å². The Hall–Kier alpha value is -3.22. The standard InChI is InChI=1S/C31H33F3N6O2S/c1-17-12-20-24(23(34)22(17)19-4-5-21(33)26-25(19)36-28(35)43-26)37-29(41-16-30-6-2-10-40(30)14-18(32)13-30)38-27(20)39-9-3-7-31(15-39)8-11-42-31/h4-5,12,18H,2-3,6-11,13-16H2,1H3,(H2,35,36)/t18-,30+,31?/m1/s1. The van der Waals surface area contributed by atoms with Crippen molar-refractivity contribution in [3.63, 3.8) is 0 Å². The van der Waals surface area contributed by atoms with Gasteiger partial charge in [-0.1, -0.05) is 11.3 Å². The molecule has 1 spiro atoms. The van der Waals surface area contributed by atoms with Gasteiger partial charge < -0.3 is 20.1 Å². The molecule has 0 bridgehead atoms. The van der Waals surface area contributed by atoms with Crippen molar-refractivity contribution in [1.82, 2.24) is 19.9 Å². The summed E-state index contributed by atoms with van der Waals surface area (Å²) in [5, 5.41) is 0.782. The van der Waals surface area contributed by atoms with Crippen LogP contribution < -0.4 is 15.4 Å². The fourth-order valence-electron chi connectivity index (χ4n) is 7.79. The number of ether oxygens (including phenoxy) is 2. The van der Waals surface area contributed by atoms with Gasteiger partial charge in [-0.2, -0.15) is 9.97 Å². The number of aromatic nitrogens is 3. The molecule has 4 fully saturated rings. The highest BCUT2D eigenvalue weighted by molar-refractivity contribution is 7.22. The molecule has 3 atom stereocenters. The first-order chi connectivity index (χ1) is 20.7. The zero-order valence-corrected chi connectivity index (χ0v) is 24.8. The number of fused-ring (bicyclic) bond motifs is 3. The normalized spacial score (nSPS) is 27.3. The van der Waals surface area contributed by atoms with Crippen molar-refractivity contribution in [2.45, 2.75) is 62.8 Å². The Morgan fingerprint density at radius 2 is 1.95 bits per heavy atom. The third kappa shape index (κ3) is 4.35. The van der Waals surface area contributed by atoms with E-state index in [2.05, 4.69) is 19.8 Å². The van der Waals surface area contributed by atoms with Gasteiger partial charge in [0.15, 0.2) is 10.9 Å². The minimum atomic E-state index is -0.890. The lowest BCUT2D eigenvalue weighted by molar-refractivity contribution is -0.151. The highest BCUT2D eigenvalue weighted by Crippen LogP contribution is 2.44. The van der Waals surface area contributed by atoms with Crippen molar-refractivity contribution in [3.05, 3.63) is 35.4 Å². The lowest BCUT2D eigenvalue weighted by Crippen LogP contribution is -2.56. The van der Waals surface area contributed by atoms with Crippen LogP contribution in [0.5, 0.6) is 6.01 Å². The van der Waals surface area contributed by atoms with Crippen LogP contribution in [-0.4, -0.2) is 76.6 Å². The zero-order chi connectivity index (χ0) is 29.5. The smallest absolute Gasteiger partial charge is 0.319 e. The van der Waals surface area contributed by atoms with Gasteiger partial charge in [0.1, 0.15) is 29.9 Å². The third-order valence-corrected chi connectivity index (χ3v) is 10.8. The fourth-order valence-corrected chi connectivity index (χ4v) is 8.55. The van der Waals surface area contributed by atoms with Gasteiger partial charge in [0.05, 0.1) is 28.0 Å². The number of halogens is 3. The van der Waals surface area contributed by atoms with Crippen LogP contribution in [0.1, 0.15) is 44.1 Å². The maximum absolute atomic E-state index is 16.8. The number of thiazole rings is 1. The number of anilines is 2. The molecule has 0 aliphatic carbocycles. The molecule has 8 nitrogen and oxygen atoms in total. The molecule has 12 heteroatoms. The first-order valence-electron chi connectivity index (χ1n) is 15.0. The van der Waals surface area contributed by atoms with Gasteiger partial charge in [0.25, 0.3) is 0 Å².